The Labute approximate surface area is 110 Å². The van der Waals surface area contributed by atoms with Gasteiger partial charge in [0.1, 0.15) is 0 Å². The second kappa shape index (κ2) is 6.26. The van der Waals surface area contributed by atoms with E-state index >= 15 is 0 Å². The van der Waals surface area contributed by atoms with Crippen LogP contribution in [0.3, 0.4) is 0 Å². The summed E-state index contributed by atoms with van der Waals surface area (Å²) in [5, 5.41) is 9.18. The van der Waals surface area contributed by atoms with Gasteiger partial charge in [-0.3, -0.25) is 4.79 Å². The number of aromatic nitrogens is 1. The summed E-state index contributed by atoms with van der Waals surface area (Å²) >= 11 is 1.11. The van der Waals surface area contributed by atoms with Crippen LogP contribution in [0, 0.1) is 6.92 Å². The number of carboxylic acid groups (broad SMARTS) is 1. The van der Waals surface area contributed by atoms with Crippen molar-refractivity contribution in [1.29, 1.82) is 0 Å². The van der Waals surface area contributed by atoms with Gasteiger partial charge in [-0.05, 0) is 26.7 Å². The molecule has 1 heterocycles. The largest absolute Gasteiger partial charge is 0.481 e. The predicted octanol–water partition coefficient (Wildman–Crippen LogP) is 1.37. The first-order chi connectivity index (χ1) is 8.31. The van der Waals surface area contributed by atoms with Gasteiger partial charge in [0, 0.05) is 12.5 Å². The van der Waals surface area contributed by atoms with Gasteiger partial charge >= 0.3 is 5.97 Å². The number of carboxylic acids is 1. The lowest BCUT2D eigenvalue weighted by molar-refractivity contribution is -0.137. The molecular formula is C10H16N2O4S2. The summed E-state index contributed by atoms with van der Waals surface area (Å²) in [6, 6.07) is -0.295. The van der Waals surface area contributed by atoms with Crippen LogP contribution in [0.4, 0.5) is 0 Å². The number of aryl methyl sites for hydroxylation is 1. The number of nitrogens with one attached hydrogen (secondary N) is 1. The molecule has 102 valence electrons. The Morgan fingerprint density at radius 2 is 2.28 bits per heavy atom. The van der Waals surface area contributed by atoms with Crippen molar-refractivity contribution in [2.45, 2.75) is 43.4 Å². The maximum absolute atomic E-state index is 11.9. The zero-order valence-electron chi connectivity index (χ0n) is 10.2. The van der Waals surface area contributed by atoms with E-state index in [0.717, 1.165) is 11.3 Å². The van der Waals surface area contributed by atoms with E-state index in [0.29, 0.717) is 17.8 Å². The number of hydrogen-bond donors (Lipinski definition) is 2. The first-order valence-corrected chi connectivity index (χ1v) is 7.78. The monoisotopic (exact) mass is 292 g/mol. The minimum atomic E-state index is -3.53. The Hall–Kier alpha value is -0.990. The van der Waals surface area contributed by atoms with Gasteiger partial charge in [0.25, 0.3) is 10.0 Å². The molecule has 1 atom stereocenters. The molecule has 18 heavy (non-hydrogen) atoms. The highest BCUT2D eigenvalue weighted by atomic mass is 32.2. The number of aliphatic carboxylic acids is 1. The zero-order valence-corrected chi connectivity index (χ0v) is 11.8. The Balaban J connectivity index is 2.53. The molecule has 0 aliphatic heterocycles. The lowest BCUT2D eigenvalue weighted by atomic mass is 10.1. The van der Waals surface area contributed by atoms with Crippen LogP contribution in [0.2, 0.25) is 0 Å². The van der Waals surface area contributed by atoms with Crippen molar-refractivity contribution >= 4 is 27.3 Å². The van der Waals surface area contributed by atoms with Crippen molar-refractivity contribution < 1.29 is 18.3 Å². The minimum absolute atomic E-state index is 0.0474. The first-order valence-electron chi connectivity index (χ1n) is 5.48. The van der Waals surface area contributed by atoms with Crippen LogP contribution in [0.5, 0.6) is 0 Å². The molecule has 0 saturated carbocycles. The second-order valence-electron chi connectivity index (χ2n) is 4.01. The van der Waals surface area contributed by atoms with Crippen LogP contribution in [0.25, 0.3) is 0 Å². The quantitative estimate of drug-likeness (QED) is 0.791. The molecule has 0 aliphatic rings. The van der Waals surface area contributed by atoms with Crippen molar-refractivity contribution in [3.8, 4) is 0 Å². The molecular weight excluding hydrogens is 276 g/mol. The van der Waals surface area contributed by atoms with Crippen LogP contribution in [0.15, 0.2) is 10.4 Å². The van der Waals surface area contributed by atoms with Crippen molar-refractivity contribution in [1.82, 2.24) is 9.71 Å². The van der Waals surface area contributed by atoms with Crippen molar-refractivity contribution in [2.75, 3.05) is 0 Å². The third-order valence-corrected chi connectivity index (χ3v) is 5.21. The normalized spacial score (nSPS) is 13.4. The van der Waals surface area contributed by atoms with Gasteiger partial charge in [0.15, 0.2) is 4.21 Å². The molecule has 0 bridgehead atoms. The average Bonchev–Trinajstić information content (AvgIpc) is 2.64. The Bertz CT molecular complexity index is 510. The number of nitrogens with zero attached hydrogens (tertiary/aromatic N) is 1. The summed E-state index contributed by atoms with van der Waals surface area (Å²) < 4.78 is 26.5. The SMILES string of the molecule is Cc1ncc(S(=O)(=O)NC(C)CCCC(=O)O)s1. The Morgan fingerprint density at radius 3 is 2.78 bits per heavy atom. The van der Waals surface area contributed by atoms with Crippen LogP contribution >= 0.6 is 11.3 Å². The predicted molar refractivity (Wildman–Crippen MR) is 68.1 cm³/mol. The fourth-order valence-corrected chi connectivity index (χ4v) is 3.81. The Kier molecular flexibility index (Phi) is 5.24. The van der Waals surface area contributed by atoms with Gasteiger partial charge in [0.2, 0.25) is 0 Å². The van der Waals surface area contributed by atoms with Gasteiger partial charge in [0.05, 0.1) is 11.2 Å². The fraction of sp³-hybridized carbons (Fsp3) is 0.600. The van der Waals surface area contributed by atoms with Crippen LogP contribution < -0.4 is 4.72 Å². The number of carbonyl (C=O) groups is 1. The zero-order chi connectivity index (χ0) is 13.8. The Morgan fingerprint density at radius 1 is 1.61 bits per heavy atom. The molecule has 0 spiro atoms. The molecule has 0 amide bonds. The number of thiazole rings is 1. The van der Waals surface area contributed by atoms with Gasteiger partial charge in [-0.25, -0.2) is 18.1 Å². The molecule has 0 aliphatic carbocycles. The highest BCUT2D eigenvalue weighted by molar-refractivity contribution is 7.91. The molecule has 0 fully saturated rings. The summed E-state index contributed by atoms with van der Waals surface area (Å²) in [5.74, 6) is -0.872. The van der Waals surface area contributed by atoms with Crippen molar-refractivity contribution in [2.24, 2.45) is 0 Å². The van der Waals surface area contributed by atoms with E-state index < -0.39 is 16.0 Å². The van der Waals surface area contributed by atoms with E-state index in [4.69, 9.17) is 5.11 Å². The highest BCUT2D eigenvalue weighted by Crippen LogP contribution is 2.18. The molecule has 2 N–H and O–H groups in total. The minimum Gasteiger partial charge on any atom is -0.481 e. The summed E-state index contributed by atoms with van der Waals surface area (Å²) in [7, 11) is -3.53. The number of sulfonamides is 1. The lowest BCUT2D eigenvalue weighted by Crippen LogP contribution is -2.32. The topological polar surface area (TPSA) is 96.4 Å². The van der Waals surface area contributed by atoms with E-state index in [2.05, 4.69) is 9.71 Å². The molecule has 0 saturated heterocycles. The highest BCUT2D eigenvalue weighted by Gasteiger charge is 2.19. The third kappa shape index (κ3) is 4.71. The maximum Gasteiger partial charge on any atom is 0.303 e. The van der Waals surface area contributed by atoms with Gasteiger partial charge in [-0.2, -0.15) is 0 Å². The third-order valence-electron chi connectivity index (χ3n) is 2.25. The van der Waals surface area contributed by atoms with E-state index in [9.17, 15) is 13.2 Å². The molecule has 8 heteroatoms. The second-order valence-corrected chi connectivity index (χ2v) is 7.18. The first kappa shape index (κ1) is 15.1. The molecule has 1 aromatic heterocycles. The molecule has 1 rings (SSSR count). The lowest BCUT2D eigenvalue weighted by Gasteiger charge is -2.12. The van der Waals surface area contributed by atoms with Crippen LogP contribution in [-0.2, 0) is 14.8 Å². The molecule has 1 aromatic rings. The van der Waals surface area contributed by atoms with E-state index in [1.807, 2.05) is 0 Å². The summed E-state index contributed by atoms with van der Waals surface area (Å²) in [5.41, 5.74) is 0. The van der Waals surface area contributed by atoms with Crippen LogP contribution in [0.1, 0.15) is 31.2 Å². The standard InChI is InChI=1S/C10H16N2O4S2/c1-7(4-3-5-9(13)14)12-18(15,16)10-6-11-8(2)17-10/h6-7,12H,3-5H2,1-2H3,(H,13,14). The van der Waals surface area contributed by atoms with Crippen molar-refractivity contribution in [3.63, 3.8) is 0 Å². The van der Waals surface area contributed by atoms with Gasteiger partial charge in [-0.1, -0.05) is 0 Å². The van der Waals surface area contributed by atoms with Crippen LogP contribution in [-0.4, -0.2) is 30.5 Å². The van der Waals surface area contributed by atoms with Gasteiger partial charge in [-0.15, -0.1) is 11.3 Å². The van der Waals surface area contributed by atoms with Crippen molar-refractivity contribution in [3.05, 3.63) is 11.2 Å². The number of hydrogen-bond acceptors (Lipinski definition) is 5. The smallest absolute Gasteiger partial charge is 0.303 e. The summed E-state index contributed by atoms with van der Waals surface area (Å²) in [6.07, 6.45) is 2.31. The van der Waals surface area contributed by atoms with E-state index in [1.165, 1.54) is 6.20 Å². The van der Waals surface area contributed by atoms with E-state index in [1.54, 1.807) is 13.8 Å². The van der Waals surface area contributed by atoms with E-state index in [-0.39, 0.29) is 16.7 Å². The molecule has 6 nitrogen and oxygen atoms in total. The molecule has 0 aromatic carbocycles. The summed E-state index contributed by atoms with van der Waals surface area (Å²) in [6.45, 7) is 3.45. The molecule has 0 radical (unpaired) electrons. The number of rotatable bonds is 7. The fourth-order valence-electron chi connectivity index (χ4n) is 1.41. The van der Waals surface area contributed by atoms with Gasteiger partial charge < -0.3 is 5.11 Å². The maximum atomic E-state index is 11.9. The molecule has 1 unspecified atom stereocenters. The summed E-state index contributed by atoms with van der Waals surface area (Å²) in [4.78, 5) is 14.2. The average molecular weight is 292 g/mol.